The molecule has 0 bridgehead atoms. The van der Waals surface area contributed by atoms with Crippen LogP contribution >= 0.6 is 0 Å². The van der Waals surface area contributed by atoms with Crippen molar-refractivity contribution in [2.45, 2.75) is 11.4 Å². The summed E-state index contributed by atoms with van der Waals surface area (Å²) in [4.78, 5) is 0.0397. The van der Waals surface area contributed by atoms with Gasteiger partial charge in [0.2, 0.25) is 0 Å². The molecule has 2 aromatic rings. The van der Waals surface area contributed by atoms with Crippen molar-refractivity contribution in [2.75, 3.05) is 18.3 Å². The van der Waals surface area contributed by atoms with Crippen molar-refractivity contribution in [3.05, 3.63) is 42.5 Å². The van der Waals surface area contributed by atoms with Crippen molar-refractivity contribution < 1.29 is 12.8 Å². The molecule has 1 aromatic heterocycles. The number of benzene rings is 1. The molecule has 0 saturated heterocycles. The maximum atomic E-state index is 13.0. The van der Waals surface area contributed by atoms with Crippen LogP contribution in [0.2, 0.25) is 0 Å². The van der Waals surface area contributed by atoms with Crippen LogP contribution in [0.15, 0.2) is 41.6 Å². The molecule has 0 aliphatic rings. The molecule has 8 heteroatoms. The number of hydrogen-bond acceptors (Lipinski definition) is 4. The van der Waals surface area contributed by atoms with Crippen LogP contribution in [-0.4, -0.2) is 31.8 Å². The van der Waals surface area contributed by atoms with E-state index in [4.69, 9.17) is 0 Å². The first-order valence-corrected chi connectivity index (χ1v) is 7.45. The molecule has 0 unspecified atom stereocenters. The Labute approximate surface area is 116 Å². The lowest BCUT2D eigenvalue weighted by molar-refractivity contribution is 0.582. The Hall–Kier alpha value is -1.93. The largest absolute Gasteiger partial charge is 0.318 e. The third-order valence-corrected chi connectivity index (χ3v) is 3.92. The van der Waals surface area contributed by atoms with Gasteiger partial charge in [-0.1, -0.05) is 6.07 Å². The highest BCUT2D eigenvalue weighted by Gasteiger charge is 2.16. The Morgan fingerprint density at radius 3 is 2.90 bits per heavy atom. The van der Waals surface area contributed by atoms with Crippen molar-refractivity contribution in [1.82, 2.24) is 15.1 Å². The topological polar surface area (TPSA) is 76.0 Å². The lowest BCUT2D eigenvalue weighted by atomic mass is 10.3. The van der Waals surface area contributed by atoms with Crippen LogP contribution in [0.5, 0.6) is 0 Å². The van der Waals surface area contributed by atoms with Gasteiger partial charge in [-0.05, 0) is 25.2 Å². The van der Waals surface area contributed by atoms with Gasteiger partial charge >= 0.3 is 0 Å². The minimum Gasteiger partial charge on any atom is -0.318 e. The molecular formula is C12H15FN4O2S. The van der Waals surface area contributed by atoms with Crippen molar-refractivity contribution in [1.29, 1.82) is 0 Å². The van der Waals surface area contributed by atoms with Crippen molar-refractivity contribution in [2.24, 2.45) is 0 Å². The van der Waals surface area contributed by atoms with E-state index in [9.17, 15) is 12.8 Å². The number of nitrogens with one attached hydrogen (secondary N) is 2. The lowest BCUT2D eigenvalue weighted by Gasteiger charge is -2.05. The van der Waals surface area contributed by atoms with E-state index in [1.807, 2.05) is 0 Å². The maximum Gasteiger partial charge on any atom is 0.265 e. The highest BCUT2D eigenvalue weighted by Crippen LogP contribution is 2.16. The molecule has 0 atom stereocenters. The van der Waals surface area contributed by atoms with Crippen LogP contribution in [0.1, 0.15) is 0 Å². The first kappa shape index (κ1) is 14.5. The number of rotatable bonds is 6. The lowest BCUT2D eigenvalue weighted by Crippen LogP contribution is -2.15. The summed E-state index contributed by atoms with van der Waals surface area (Å²) in [5, 5.41) is 6.91. The van der Waals surface area contributed by atoms with Gasteiger partial charge < -0.3 is 5.32 Å². The normalized spacial score (nSPS) is 11.5. The van der Waals surface area contributed by atoms with E-state index in [0.29, 0.717) is 13.1 Å². The van der Waals surface area contributed by atoms with Crippen LogP contribution < -0.4 is 10.0 Å². The fourth-order valence-electron chi connectivity index (χ4n) is 1.60. The monoisotopic (exact) mass is 298 g/mol. The summed E-state index contributed by atoms with van der Waals surface area (Å²) < 4.78 is 41.1. The predicted octanol–water partition coefficient (Wildman–Crippen LogP) is 1.04. The Kier molecular flexibility index (Phi) is 4.35. The third kappa shape index (κ3) is 3.55. The Morgan fingerprint density at radius 2 is 2.20 bits per heavy atom. The first-order chi connectivity index (χ1) is 9.51. The second kappa shape index (κ2) is 6.02. The zero-order chi connectivity index (χ0) is 14.6. The van der Waals surface area contributed by atoms with Gasteiger partial charge in [-0.15, -0.1) is 0 Å². The minimum absolute atomic E-state index is 0.0397. The second-order valence-electron chi connectivity index (χ2n) is 4.16. The summed E-state index contributed by atoms with van der Waals surface area (Å²) in [7, 11) is -1.96. The van der Waals surface area contributed by atoms with Gasteiger partial charge in [0.25, 0.3) is 10.0 Å². The molecule has 0 radical (unpaired) electrons. The molecule has 108 valence electrons. The van der Waals surface area contributed by atoms with E-state index < -0.39 is 15.8 Å². The average molecular weight is 298 g/mol. The smallest absolute Gasteiger partial charge is 0.265 e. The molecule has 20 heavy (non-hydrogen) atoms. The summed E-state index contributed by atoms with van der Waals surface area (Å²) in [5.41, 5.74) is 0.174. The summed E-state index contributed by atoms with van der Waals surface area (Å²) in [6, 6.07) is 5.27. The van der Waals surface area contributed by atoms with Gasteiger partial charge in [0.1, 0.15) is 10.7 Å². The second-order valence-corrected chi connectivity index (χ2v) is 5.84. The number of hydrogen-bond donors (Lipinski definition) is 2. The van der Waals surface area contributed by atoms with Crippen LogP contribution in [0.4, 0.5) is 10.1 Å². The van der Waals surface area contributed by atoms with Gasteiger partial charge in [-0.3, -0.25) is 9.40 Å². The summed E-state index contributed by atoms with van der Waals surface area (Å²) in [5.74, 6) is -0.505. The minimum atomic E-state index is -3.75. The summed E-state index contributed by atoms with van der Waals surface area (Å²) in [6.07, 6.45) is 2.69. The quantitative estimate of drug-likeness (QED) is 0.835. The molecule has 6 nitrogen and oxygen atoms in total. The van der Waals surface area contributed by atoms with E-state index in [-0.39, 0.29) is 10.6 Å². The van der Waals surface area contributed by atoms with Gasteiger partial charge in [-0.25, -0.2) is 12.8 Å². The molecule has 0 saturated carbocycles. The highest BCUT2D eigenvalue weighted by atomic mass is 32.2. The molecule has 0 amide bonds. The van der Waals surface area contributed by atoms with Crippen LogP contribution in [0.3, 0.4) is 0 Å². The van der Waals surface area contributed by atoms with Crippen LogP contribution in [-0.2, 0) is 16.6 Å². The highest BCUT2D eigenvalue weighted by molar-refractivity contribution is 7.92. The number of nitrogens with zero attached hydrogens (tertiary/aromatic N) is 2. The molecule has 0 fully saturated rings. The number of anilines is 1. The van der Waals surface area contributed by atoms with Crippen molar-refractivity contribution in [3.8, 4) is 0 Å². The van der Waals surface area contributed by atoms with E-state index >= 15 is 0 Å². The van der Waals surface area contributed by atoms with E-state index in [1.54, 1.807) is 7.05 Å². The Balaban J connectivity index is 2.16. The summed E-state index contributed by atoms with van der Waals surface area (Å²) in [6.45, 7) is 1.24. The molecule has 2 rings (SSSR count). The van der Waals surface area contributed by atoms with Crippen molar-refractivity contribution >= 4 is 15.7 Å². The molecule has 0 aliphatic carbocycles. The molecule has 0 aliphatic heterocycles. The number of likely N-dealkylation sites (N-methyl/N-ethyl adjacent to an activating group) is 1. The zero-order valence-electron chi connectivity index (χ0n) is 10.9. The van der Waals surface area contributed by atoms with Gasteiger partial charge in [0.05, 0.1) is 18.4 Å². The van der Waals surface area contributed by atoms with Gasteiger partial charge in [0, 0.05) is 12.7 Å². The molecule has 1 heterocycles. The fourth-order valence-corrected chi connectivity index (χ4v) is 2.60. The van der Waals surface area contributed by atoms with E-state index in [0.717, 1.165) is 6.07 Å². The first-order valence-electron chi connectivity index (χ1n) is 5.97. The number of halogens is 1. The number of aromatic nitrogens is 2. The molecule has 0 spiro atoms. The van der Waals surface area contributed by atoms with Crippen LogP contribution in [0.25, 0.3) is 0 Å². The molecular weight excluding hydrogens is 283 g/mol. The SMILES string of the molecule is CNCCn1cc(S(=O)(=O)Nc2cccc(F)c2)cn1. The standard InChI is InChI=1S/C12H15FN4O2S/c1-14-5-6-17-9-12(8-15-17)20(18,19)16-11-4-2-3-10(13)7-11/h2-4,7-9,14,16H,5-6H2,1H3. The number of sulfonamides is 1. The van der Waals surface area contributed by atoms with Crippen molar-refractivity contribution in [3.63, 3.8) is 0 Å². The maximum absolute atomic E-state index is 13.0. The fraction of sp³-hybridized carbons (Fsp3) is 0.250. The van der Waals surface area contributed by atoms with Gasteiger partial charge in [-0.2, -0.15) is 5.10 Å². The third-order valence-electron chi connectivity index (χ3n) is 2.59. The van der Waals surface area contributed by atoms with E-state index in [2.05, 4.69) is 15.1 Å². The molecule has 2 N–H and O–H groups in total. The van der Waals surface area contributed by atoms with Gasteiger partial charge in [0.15, 0.2) is 0 Å². The average Bonchev–Trinajstić information content (AvgIpc) is 2.85. The van der Waals surface area contributed by atoms with E-state index in [1.165, 1.54) is 35.3 Å². The Morgan fingerprint density at radius 1 is 1.40 bits per heavy atom. The zero-order valence-corrected chi connectivity index (χ0v) is 11.7. The summed E-state index contributed by atoms with van der Waals surface area (Å²) >= 11 is 0. The Bertz CT molecular complexity index is 684. The van der Waals surface area contributed by atoms with Crippen LogP contribution in [0, 0.1) is 5.82 Å². The predicted molar refractivity (Wildman–Crippen MR) is 73.4 cm³/mol. The molecule has 1 aromatic carbocycles.